The summed E-state index contributed by atoms with van der Waals surface area (Å²) < 4.78 is 5.18. The minimum atomic E-state index is -0.269. The number of para-hydroxylation sites is 1. The highest BCUT2D eigenvalue weighted by molar-refractivity contribution is 7.99. The van der Waals surface area contributed by atoms with E-state index >= 15 is 0 Å². The molecule has 0 aliphatic rings. The van der Waals surface area contributed by atoms with E-state index in [2.05, 4.69) is 46.7 Å². The Morgan fingerprint density at radius 1 is 0.971 bits per heavy atom. The van der Waals surface area contributed by atoms with E-state index in [9.17, 15) is 9.59 Å². The number of thioether (sulfide) groups is 2. The Labute approximate surface area is 206 Å². The first kappa shape index (κ1) is 23.9. The van der Waals surface area contributed by atoms with Crippen molar-refractivity contribution in [2.75, 3.05) is 11.1 Å². The van der Waals surface area contributed by atoms with Crippen molar-refractivity contribution in [2.45, 2.75) is 29.7 Å². The standard InChI is InChI=1S/C24H26N6O2S2/c1-16-10-12-19(13-11-16)33-14-20-26-27-24(28(20)3)34-15-21(31)25-22-17(2)29(4)30(23(22)32)18-8-6-5-7-9-18/h5-13H,14-15H2,1-4H3,(H,25,31). The van der Waals surface area contributed by atoms with Crippen LogP contribution >= 0.6 is 23.5 Å². The molecule has 34 heavy (non-hydrogen) atoms. The van der Waals surface area contributed by atoms with Gasteiger partial charge in [0, 0.05) is 19.0 Å². The smallest absolute Gasteiger partial charge is 0.295 e. The lowest BCUT2D eigenvalue weighted by atomic mass is 10.2. The second kappa shape index (κ2) is 10.4. The van der Waals surface area contributed by atoms with Crippen LogP contribution in [0.15, 0.2) is 69.4 Å². The molecule has 1 amide bonds. The van der Waals surface area contributed by atoms with E-state index in [0.29, 0.717) is 16.6 Å². The zero-order valence-corrected chi connectivity index (χ0v) is 21.1. The summed E-state index contributed by atoms with van der Waals surface area (Å²) in [6, 6.07) is 17.7. The van der Waals surface area contributed by atoms with Crippen molar-refractivity contribution in [1.29, 1.82) is 0 Å². The number of rotatable bonds is 8. The average Bonchev–Trinajstić information content (AvgIpc) is 3.29. The fraction of sp³-hybridized carbons (Fsp3) is 0.250. The number of carbonyl (C=O) groups is 1. The van der Waals surface area contributed by atoms with Gasteiger partial charge in [0.2, 0.25) is 5.91 Å². The van der Waals surface area contributed by atoms with Crippen LogP contribution in [0.1, 0.15) is 17.1 Å². The molecule has 0 spiro atoms. The van der Waals surface area contributed by atoms with Gasteiger partial charge in [0.25, 0.3) is 5.56 Å². The van der Waals surface area contributed by atoms with E-state index < -0.39 is 0 Å². The molecule has 176 valence electrons. The van der Waals surface area contributed by atoms with Gasteiger partial charge in [-0.05, 0) is 38.1 Å². The van der Waals surface area contributed by atoms with Crippen molar-refractivity contribution in [3.63, 3.8) is 0 Å². The molecule has 0 unspecified atom stereocenters. The third-order valence-corrected chi connectivity index (χ3v) is 7.49. The van der Waals surface area contributed by atoms with Gasteiger partial charge in [0.1, 0.15) is 11.5 Å². The lowest BCUT2D eigenvalue weighted by Crippen LogP contribution is -2.23. The maximum absolute atomic E-state index is 13.0. The lowest BCUT2D eigenvalue weighted by Gasteiger charge is -2.07. The molecule has 0 bridgehead atoms. The summed E-state index contributed by atoms with van der Waals surface area (Å²) in [4.78, 5) is 26.8. The SMILES string of the molecule is Cc1ccc(SCc2nnc(SCC(=O)Nc3c(C)n(C)n(-c4ccccc4)c3=O)n2C)cc1. The summed E-state index contributed by atoms with van der Waals surface area (Å²) in [5.74, 6) is 1.37. The third kappa shape index (κ3) is 5.13. The number of anilines is 1. The Hall–Kier alpha value is -3.24. The molecular formula is C24H26N6O2S2. The molecule has 8 nitrogen and oxygen atoms in total. The normalized spacial score (nSPS) is 11.1. The van der Waals surface area contributed by atoms with E-state index in [1.54, 1.807) is 28.2 Å². The quantitative estimate of drug-likeness (QED) is 0.373. The van der Waals surface area contributed by atoms with Crippen LogP contribution in [0.4, 0.5) is 5.69 Å². The molecule has 2 heterocycles. The van der Waals surface area contributed by atoms with Gasteiger partial charge in [-0.25, -0.2) is 4.68 Å². The molecule has 0 radical (unpaired) electrons. The maximum atomic E-state index is 13.0. The molecule has 4 rings (SSSR count). The van der Waals surface area contributed by atoms with Crippen LogP contribution in [-0.4, -0.2) is 35.8 Å². The van der Waals surface area contributed by atoms with Crippen LogP contribution in [-0.2, 0) is 24.6 Å². The molecule has 0 aliphatic carbocycles. The molecule has 4 aromatic rings. The number of hydrogen-bond acceptors (Lipinski definition) is 6. The number of aromatic nitrogens is 5. The van der Waals surface area contributed by atoms with E-state index in [1.165, 1.54) is 22.2 Å². The molecule has 0 aliphatic heterocycles. The van der Waals surface area contributed by atoms with Gasteiger partial charge in [0.15, 0.2) is 5.16 Å². The largest absolute Gasteiger partial charge is 0.319 e. The predicted molar refractivity (Wildman–Crippen MR) is 137 cm³/mol. The second-order valence-corrected chi connectivity index (χ2v) is 9.82. The summed E-state index contributed by atoms with van der Waals surface area (Å²) in [5.41, 5.74) is 2.66. The molecule has 0 atom stereocenters. The third-order valence-electron chi connectivity index (χ3n) is 5.46. The van der Waals surface area contributed by atoms with Gasteiger partial charge < -0.3 is 9.88 Å². The van der Waals surface area contributed by atoms with Crippen LogP contribution in [0.2, 0.25) is 0 Å². The van der Waals surface area contributed by atoms with Gasteiger partial charge in [-0.1, -0.05) is 47.7 Å². The Kier molecular flexibility index (Phi) is 7.28. The molecule has 0 saturated heterocycles. The number of aryl methyl sites for hydroxylation is 1. The Bertz CT molecular complexity index is 1360. The number of benzene rings is 2. The van der Waals surface area contributed by atoms with Crippen molar-refractivity contribution >= 4 is 35.1 Å². The van der Waals surface area contributed by atoms with Gasteiger partial charge in [-0.15, -0.1) is 22.0 Å². The number of carbonyl (C=O) groups excluding carboxylic acids is 1. The monoisotopic (exact) mass is 494 g/mol. The molecule has 0 fully saturated rings. The fourth-order valence-corrected chi connectivity index (χ4v) is 5.00. The van der Waals surface area contributed by atoms with Crippen molar-refractivity contribution in [1.82, 2.24) is 24.1 Å². The second-order valence-electron chi connectivity index (χ2n) is 7.83. The predicted octanol–water partition coefficient (Wildman–Crippen LogP) is 3.94. The number of hydrogen-bond donors (Lipinski definition) is 1. The number of amides is 1. The van der Waals surface area contributed by atoms with E-state index in [0.717, 1.165) is 11.5 Å². The molecular weight excluding hydrogens is 468 g/mol. The molecule has 0 saturated carbocycles. The molecule has 2 aromatic heterocycles. The number of nitrogens with zero attached hydrogens (tertiary/aromatic N) is 5. The van der Waals surface area contributed by atoms with E-state index in [-0.39, 0.29) is 22.9 Å². The van der Waals surface area contributed by atoms with E-state index in [1.807, 2.05) is 48.9 Å². The van der Waals surface area contributed by atoms with Gasteiger partial charge in [-0.2, -0.15) is 0 Å². The first-order valence-corrected chi connectivity index (χ1v) is 12.7. The van der Waals surface area contributed by atoms with Crippen molar-refractivity contribution in [3.05, 3.63) is 82.0 Å². The summed E-state index contributed by atoms with van der Waals surface area (Å²) >= 11 is 2.98. The number of nitrogens with one attached hydrogen (secondary N) is 1. The summed E-state index contributed by atoms with van der Waals surface area (Å²) in [6.45, 7) is 3.87. The highest BCUT2D eigenvalue weighted by atomic mass is 32.2. The van der Waals surface area contributed by atoms with Crippen LogP contribution in [0.25, 0.3) is 5.69 Å². The average molecular weight is 495 g/mol. The van der Waals surface area contributed by atoms with Gasteiger partial charge in [0.05, 0.1) is 22.9 Å². The van der Waals surface area contributed by atoms with Gasteiger partial charge >= 0.3 is 0 Å². The van der Waals surface area contributed by atoms with Crippen LogP contribution in [0.5, 0.6) is 0 Å². The highest BCUT2D eigenvalue weighted by Gasteiger charge is 2.19. The van der Waals surface area contributed by atoms with Crippen molar-refractivity contribution in [3.8, 4) is 5.69 Å². The Morgan fingerprint density at radius 3 is 2.38 bits per heavy atom. The summed E-state index contributed by atoms with van der Waals surface area (Å²) in [7, 11) is 3.69. The van der Waals surface area contributed by atoms with E-state index in [4.69, 9.17) is 0 Å². The summed E-state index contributed by atoms with van der Waals surface area (Å²) in [5, 5.41) is 11.9. The van der Waals surface area contributed by atoms with Crippen LogP contribution < -0.4 is 10.9 Å². The van der Waals surface area contributed by atoms with Crippen molar-refractivity contribution in [2.24, 2.45) is 14.1 Å². The maximum Gasteiger partial charge on any atom is 0.295 e. The minimum Gasteiger partial charge on any atom is -0.319 e. The first-order valence-electron chi connectivity index (χ1n) is 10.7. The molecule has 10 heteroatoms. The zero-order valence-electron chi connectivity index (χ0n) is 19.5. The Balaban J connectivity index is 1.38. The lowest BCUT2D eigenvalue weighted by molar-refractivity contribution is -0.113. The Morgan fingerprint density at radius 2 is 1.68 bits per heavy atom. The minimum absolute atomic E-state index is 0.121. The molecule has 2 aromatic carbocycles. The molecule has 1 N–H and O–H groups in total. The topological polar surface area (TPSA) is 86.7 Å². The first-order chi connectivity index (χ1) is 16.3. The van der Waals surface area contributed by atoms with Gasteiger partial charge in [-0.3, -0.25) is 14.3 Å². The zero-order chi connectivity index (χ0) is 24.2. The summed E-state index contributed by atoms with van der Waals surface area (Å²) in [6.07, 6.45) is 0. The van der Waals surface area contributed by atoms with Crippen LogP contribution in [0.3, 0.4) is 0 Å². The highest BCUT2D eigenvalue weighted by Crippen LogP contribution is 2.24. The van der Waals surface area contributed by atoms with Crippen LogP contribution in [0, 0.1) is 13.8 Å². The van der Waals surface area contributed by atoms with Crippen molar-refractivity contribution < 1.29 is 4.79 Å². The fourth-order valence-electron chi connectivity index (χ4n) is 3.40.